The fourth-order valence-electron chi connectivity index (χ4n) is 11.1. The van der Waals surface area contributed by atoms with E-state index in [2.05, 4.69) is 175 Å². The molecular weight excluding hydrogens is 679 g/mol. The van der Waals surface area contributed by atoms with E-state index >= 15 is 0 Å². The lowest BCUT2D eigenvalue weighted by Gasteiger charge is -2.53. The van der Waals surface area contributed by atoms with Crippen LogP contribution in [0.4, 0.5) is 11.4 Å². The third-order valence-electron chi connectivity index (χ3n) is 13.3. The number of benzene rings is 3. The van der Waals surface area contributed by atoms with Gasteiger partial charge in [0, 0.05) is 49.4 Å². The largest absolute Gasteiger partial charge is 0.333 e. The van der Waals surface area contributed by atoms with Crippen LogP contribution in [0.5, 0.6) is 0 Å². The number of hydrogen-bond acceptors (Lipinski definition) is 3. The molecular formula is C50H45NS2. The second-order valence-electron chi connectivity index (χ2n) is 16.0. The summed E-state index contributed by atoms with van der Waals surface area (Å²) in [7, 11) is 0. The van der Waals surface area contributed by atoms with Crippen molar-refractivity contribution in [2.75, 3.05) is 4.90 Å². The molecule has 9 unspecified atom stereocenters. The zero-order valence-corrected chi connectivity index (χ0v) is 31.6. The quantitative estimate of drug-likeness (QED) is 0.264. The van der Waals surface area contributed by atoms with Crippen molar-refractivity contribution in [3.8, 4) is 0 Å². The Balaban J connectivity index is 1.05. The maximum absolute atomic E-state index is 2.80. The van der Waals surface area contributed by atoms with Gasteiger partial charge in [-0.25, -0.2) is 0 Å². The molecule has 0 bridgehead atoms. The van der Waals surface area contributed by atoms with Crippen molar-refractivity contribution in [1.82, 2.24) is 0 Å². The van der Waals surface area contributed by atoms with E-state index < -0.39 is 0 Å². The summed E-state index contributed by atoms with van der Waals surface area (Å²) < 4.78 is 0. The van der Waals surface area contributed by atoms with Crippen LogP contribution in [-0.4, -0.2) is 16.5 Å². The molecule has 0 aromatic heterocycles. The molecule has 0 amide bonds. The molecule has 0 radical (unpaired) electrons. The Kier molecular flexibility index (Phi) is 8.09. The zero-order valence-electron chi connectivity index (χ0n) is 30.0. The van der Waals surface area contributed by atoms with Gasteiger partial charge in [-0.05, 0) is 108 Å². The molecule has 3 aliphatic heterocycles. The summed E-state index contributed by atoms with van der Waals surface area (Å²) in [4.78, 5) is 5.56. The highest BCUT2D eigenvalue weighted by molar-refractivity contribution is 8.03. The van der Waals surface area contributed by atoms with Gasteiger partial charge in [-0.2, -0.15) is 0 Å². The second-order valence-corrected chi connectivity index (χ2v) is 18.5. The Labute approximate surface area is 323 Å². The predicted octanol–water partition coefficient (Wildman–Crippen LogP) is 13.0. The number of allylic oxidation sites excluding steroid dienone is 14. The Morgan fingerprint density at radius 3 is 2.45 bits per heavy atom. The molecule has 3 aromatic carbocycles. The normalized spacial score (nSPS) is 33.2. The van der Waals surface area contributed by atoms with Crippen molar-refractivity contribution in [2.24, 2.45) is 23.7 Å². The Morgan fingerprint density at radius 1 is 0.698 bits per heavy atom. The number of anilines is 2. The van der Waals surface area contributed by atoms with E-state index in [9.17, 15) is 0 Å². The van der Waals surface area contributed by atoms with E-state index in [-0.39, 0.29) is 6.04 Å². The van der Waals surface area contributed by atoms with Gasteiger partial charge in [0.25, 0.3) is 0 Å². The van der Waals surface area contributed by atoms with Gasteiger partial charge in [0.05, 0.1) is 6.04 Å². The molecule has 11 rings (SSSR count). The van der Waals surface area contributed by atoms with Gasteiger partial charge in [0.1, 0.15) is 0 Å². The molecule has 0 saturated carbocycles. The van der Waals surface area contributed by atoms with Crippen molar-refractivity contribution in [2.45, 2.75) is 65.4 Å². The number of rotatable bonds is 4. The summed E-state index contributed by atoms with van der Waals surface area (Å²) in [6, 6.07) is 29.9. The average Bonchev–Trinajstić information content (AvgIpc) is 3.56. The molecule has 3 aromatic rings. The average molecular weight is 724 g/mol. The molecule has 1 saturated heterocycles. The van der Waals surface area contributed by atoms with Gasteiger partial charge in [-0.15, -0.1) is 11.8 Å². The first kappa shape index (κ1) is 32.3. The topological polar surface area (TPSA) is 3.24 Å². The van der Waals surface area contributed by atoms with E-state index in [1.54, 1.807) is 22.3 Å². The van der Waals surface area contributed by atoms with Crippen molar-refractivity contribution >= 4 is 34.9 Å². The van der Waals surface area contributed by atoms with Crippen LogP contribution in [0.3, 0.4) is 0 Å². The first-order valence-electron chi connectivity index (χ1n) is 19.9. The van der Waals surface area contributed by atoms with Crippen LogP contribution in [-0.2, 0) is 0 Å². The van der Waals surface area contributed by atoms with Crippen LogP contribution in [0.2, 0.25) is 0 Å². The maximum Gasteiger partial charge on any atom is 0.0632 e. The van der Waals surface area contributed by atoms with Gasteiger partial charge >= 0.3 is 0 Å². The lowest BCUT2D eigenvalue weighted by Crippen LogP contribution is -2.46. The van der Waals surface area contributed by atoms with Gasteiger partial charge in [-0.3, -0.25) is 0 Å². The first-order valence-corrected chi connectivity index (χ1v) is 21.6. The first-order chi connectivity index (χ1) is 26.3. The molecule has 262 valence electrons. The minimum Gasteiger partial charge on any atom is -0.333 e. The van der Waals surface area contributed by atoms with E-state index in [0.717, 1.165) is 6.42 Å². The van der Waals surface area contributed by atoms with E-state index in [4.69, 9.17) is 0 Å². The summed E-state index contributed by atoms with van der Waals surface area (Å²) in [5.41, 5.74) is 12.0. The third-order valence-corrected chi connectivity index (χ3v) is 16.2. The van der Waals surface area contributed by atoms with Crippen LogP contribution in [0, 0.1) is 23.7 Å². The molecule has 3 heteroatoms. The van der Waals surface area contributed by atoms with Crippen molar-refractivity contribution in [3.63, 3.8) is 0 Å². The highest BCUT2D eigenvalue weighted by atomic mass is 32.2. The number of nitrogens with zero attached hydrogens (tertiary/aromatic N) is 1. The number of hydrogen-bond donors (Lipinski definition) is 0. The predicted molar refractivity (Wildman–Crippen MR) is 226 cm³/mol. The summed E-state index contributed by atoms with van der Waals surface area (Å²) >= 11 is 4.31. The lowest BCUT2D eigenvalue weighted by atomic mass is 9.60. The second kappa shape index (κ2) is 13.3. The SMILES string of the molecule is C1=CCCC(C2=CC3C(CC2)SC2C=CC=CC2C3C2C3=C(C=CCC3C3=CC4C(C=C3)c3ccccc3N4c3ccccc3)Sc3ccccc32)=C1. The highest BCUT2D eigenvalue weighted by Gasteiger charge is 2.51. The zero-order chi connectivity index (χ0) is 34.9. The monoisotopic (exact) mass is 723 g/mol. The van der Waals surface area contributed by atoms with Crippen LogP contribution < -0.4 is 4.90 Å². The highest BCUT2D eigenvalue weighted by Crippen LogP contribution is 2.62. The minimum absolute atomic E-state index is 0.264. The smallest absolute Gasteiger partial charge is 0.0632 e. The Bertz CT molecular complexity index is 2240. The van der Waals surface area contributed by atoms with Crippen molar-refractivity contribution < 1.29 is 0 Å². The molecule has 1 nitrogen and oxygen atoms in total. The fourth-order valence-corrected chi connectivity index (χ4v) is 14.0. The molecule has 3 heterocycles. The standard InChI is InChI=1S/C50H45NS2/c1-3-14-32(15-4-1)33-27-29-46-41(30-33)48(39-19-8-11-23-44(39)52-46)50-40-20-9-12-24-45(40)53-47-25-13-21-36(49(47)50)34-26-28-38-37-18-7-10-22-42(37)51(43(38)31-34)35-16-5-2-6-17-35/h1-3,5-14,16-20,22-26,28,30-31,36,38-39,41,43-44,46,48,50H,4,15,21,27,29H2. The molecule has 9 atom stereocenters. The summed E-state index contributed by atoms with van der Waals surface area (Å²) in [5.74, 6) is 2.61. The van der Waals surface area contributed by atoms with Crippen molar-refractivity contribution in [1.29, 1.82) is 0 Å². The van der Waals surface area contributed by atoms with Gasteiger partial charge < -0.3 is 4.90 Å². The summed E-state index contributed by atoms with van der Waals surface area (Å²) in [5, 5.41) is 1.18. The van der Waals surface area contributed by atoms with E-state index in [0.29, 0.717) is 46.0 Å². The third kappa shape index (κ3) is 5.36. The molecule has 5 aliphatic carbocycles. The van der Waals surface area contributed by atoms with Crippen LogP contribution in [0.25, 0.3) is 0 Å². The Hall–Kier alpha value is -4.18. The molecule has 53 heavy (non-hydrogen) atoms. The lowest BCUT2D eigenvalue weighted by molar-refractivity contribution is 0.236. The van der Waals surface area contributed by atoms with Crippen molar-refractivity contribution in [3.05, 3.63) is 196 Å². The minimum atomic E-state index is 0.264. The Morgan fingerprint density at radius 2 is 1.55 bits per heavy atom. The van der Waals surface area contributed by atoms with Gasteiger partial charge in [0.2, 0.25) is 0 Å². The number of para-hydroxylation sites is 2. The van der Waals surface area contributed by atoms with Crippen LogP contribution in [0.15, 0.2) is 190 Å². The fraction of sp³-hybridized carbons (Fsp3) is 0.280. The van der Waals surface area contributed by atoms with E-state index in [1.165, 1.54) is 58.0 Å². The number of fused-ring (bicyclic) bond motifs is 6. The van der Waals surface area contributed by atoms with Gasteiger partial charge in [-0.1, -0.05) is 145 Å². The van der Waals surface area contributed by atoms with Crippen LogP contribution in [0.1, 0.15) is 55.1 Å². The summed E-state index contributed by atoms with van der Waals surface area (Å²) in [6.45, 7) is 0. The molecule has 1 fully saturated rings. The molecule has 0 N–H and O–H groups in total. The maximum atomic E-state index is 2.80. The molecule has 0 spiro atoms. The number of thioether (sulfide) groups is 2. The van der Waals surface area contributed by atoms with Gasteiger partial charge in [0.15, 0.2) is 0 Å². The van der Waals surface area contributed by atoms with Crippen LogP contribution >= 0.6 is 23.5 Å². The summed E-state index contributed by atoms with van der Waals surface area (Å²) in [6.07, 6.45) is 38.3. The molecule has 8 aliphatic rings. The van der Waals surface area contributed by atoms with E-state index in [1.807, 2.05) is 11.8 Å².